The van der Waals surface area contributed by atoms with Gasteiger partial charge >= 0.3 is 0 Å². The van der Waals surface area contributed by atoms with Crippen molar-refractivity contribution in [3.05, 3.63) is 51.2 Å². The van der Waals surface area contributed by atoms with E-state index in [1.54, 1.807) is 30.6 Å². The van der Waals surface area contributed by atoms with E-state index in [1.807, 2.05) is 6.92 Å². The Morgan fingerprint density at radius 3 is 2.94 bits per heavy atom. The first kappa shape index (κ1) is 13.1. The molecule has 1 unspecified atom stereocenters. The molecule has 0 bridgehead atoms. The molecule has 18 heavy (non-hydrogen) atoms. The van der Waals surface area contributed by atoms with Crippen LogP contribution in [0.5, 0.6) is 0 Å². The number of benzene rings is 1. The molecule has 1 amide bonds. The number of halogens is 2. The Morgan fingerprint density at radius 1 is 1.56 bits per heavy atom. The minimum Gasteiger partial charge on any atom is -0.345 e. The zero-order valence-corrected chi connectivity index (χ0v) is 11.9. The monoisotopic (exact) mass is 327 g/mol. The fourth-order valence-corrected chi connectivity index (χ4v) is 2.39. The van der Waals surface area contributed by atoms with Gasteiger partial charge in [0.2, 0.25) is 0 Å². The third-order valence-electron chi connectivity index (χ3n) is 2.54. The third kappa shape index (κ3) is 2.91. The van der Waals surface area contributed by atoms with E-state index >= 15 is 0 Å². The van der Waals surface area contributed by atoms with Gasteiger partial charge in [-0.3, -0.25) is 9.89 Å². The molecular formula is C12H11BrClN3O. The fourth-order valence-electron chi connectivity index (χ4n) is 1.53. The summed E-state index contributed by atoms with van der Waals surface area (Å²) in [6, 6.07) is 4.95. The van der Waals surface area contributed by atoms with Crippen LogP contribution in [0.15, 0.2) is 35.1 Å². The second-order valence-corrected chi connectivity index (χ2v) is 5.14. The number of aromatic amines is 1. The van der Waals surface area contributed by atoms with E-state index in [0.29, 0.717) is 15.1 Å². The molecule has 2 aromatic rings. The fraction of sp³-hybridized carbons (Fsp3) is 0.167. The molecule has 0 saturated carbocycles. The van der Waals surface area contributed by atoms with Crippen LogP contribution < -0.4 is 5.32 Å². The topological polar surface area (TPSA) is 57.8 Å². The van der Waals surface area contributed by atoms with Crippen molar-refractivity contribution in [3.63, 3.8) is 0 Å². The molecule has 1 aromatic carbocycles. The first-order valence-electron chi connectivity index (χ1n) is 5.32. The Balaban J connectivity index is 2.12. The second-order valence-electron chi connectivity index (χ2n) is 3.85. The number of hydrogen-bond donors (Lipinski definition) is 2. The van der Waals surface area contributed by atoms with E-state index in [4.69, 9.17) is 11.6 Å². The van der Waals surface area contributed by atoms with Crippen molar-refractivity contribution in [3.8, 4) is 0 Å². The highest BCUT2D eigenvalue weighted by atomic mass is 79.9. The molecular weight excluding hydrogens is 318 g/mol. The van der Waals surface area contributed by atoms with Crippen LogP contribution in [-0.4, -0.2) is 16.1 Å². The normalized spacial score (nSPS) is 12.2. The van der Waals surface area contributed by atoms with Gasteiger partial charge in [0, 0.05) is 21.3 Å². The predicted octanol–water partition coefficient (Wildman–Crippen LogP) is 3.32. The van der Waals surface area contributed by atoms with Crippen LogP contribution in [0, 0.1) is 0 Å². The summed E-state index contributed by atoms with van der Waals surface area (Å²) in [5, 5.41) is 10.0. The van der Waals surface area contributed by atoms with Crippen molar-refractivity contribution in [1.29, 1.82) is 0 Å². The van der Waals surface area contributed by atoms with Crippen LogP contribution in [0.3, 0.4) is 0 Å². The number of nitrogens with one attached hydrogen (secondary N) is 2. The lowest BCUT2D eigenvalue weighted by molar-refractivity contribution is 0.0939. The molecule has 0 aliphatic heterocycles. The van der Waals surface area contributed by atoms with Gasteiger partial charge in [0.05, 0.1) is 17.8 Å². The van der Waals surface area contributed by atoms with Gasteiger partial charge in [-0.15, -0.1) is 0 Å². The van der Waals surface area contributed by atoms with Crippen LogP contribution in [0.2, 0.25) is 5.02 Å². The average Bonchev–Trinajstić information content (AvgIpc) is 2.81. The molecule has 1 heterocycles. The Labute approximate surface area is 118 Å². The van der Waals surface area contributed by atoms with Gasteiger partial charge in [-0.05, 0) is 41.1 Å². The number of H-pyrrole nitrogens is 1. The van der Waals surface area contributed by atoms with Crippen molar-refractivity contribution in [2.24, 2.45) is 0 Å². The number of aromatic nitrogens is 2. The molecule has 0 radical (unpaired) electrons. The summed E-state index contributed by atoms with van der Waals surface area (Å²) in [4.78, 5) is 12.1. The maximum atomic E-state index is 12.1. The van der Waals surface area contributed by atoms with E-state index in [2.05, 4.69) is 31.4 Å². The quantitative estimate of drug-likeness (QED) is 0.908. The van der Waals surface area contributed by atoms with Crippen molar-refractivity contribution in [2.75, 3.05) is 0 Å². The minimum atomic E-state index is -0.160. The van der Waals surface area contributed by atoms with E-state index < -0.39 is 0 Å². The first-order chi connectivity index (χ1) is 8.58. The number of carbonyl (C=O) groups excluding carboxylic acids is 1. The number of carbonyl (C=O) groups is 1. The van der Waals surface area contributed by atoms with Crippen molar-refractivity contribution >= 4 is 33.4 Å². The second kappa shape index (κ2) is 5.54. The lowest BCUT2D eigenvalue weighted by Crippen LogP contribution is -2.26. The molecule has 0 aliphatic rings. The third-order valence-corrected chi connectivity index (χ3v) is 3.43. The van der Waals surface area contributed by atoms with Crippen molar-refractivity contribution in [2.45, 2.75) is 13.0 Å². The molecule has 4 nitrogen and oxygen atoms in total. The summed E-state index contributed by atoms with van der Waals surface area (Å²) < 4.78 is 0.673. The summed E-state index contributed by atoms with van der Waals surface area (Å²) >= 11 is 9.16. The van der Waals surface area contributed by atoms with Gasteiger partial charge in [0.15, 0.2) is 0 Å². The Morgan fingerprint density at radius 2 is 2.33 bits per heavy atom. The molecule has 2 N–H and O–H groups in total. The summed E-state index contributed by atoms with van der Waals surface area (Å²) in [5.74, 6) is -0.160. The highest BCUT2D eigenvalue weighted by Crippen LogP contribution is 2.22. The molecule has 0 fully saturated rings. The van der Waals surface area contributed by atoms with E-state index in [0.717, 1.165) is 5.56 Å². The van der Waals surface area contributed by atoms with Crippen molar-refractivity contribution in [1.82, 2.24) is 15.5 Å². The molecule has 0 saturated heterocycles. The van der Waals surface area contributed by atoms with Crippen LogP contribution in [-0.2, 0) is 0 Å². The molecule has 0 spiro atoms. The van der Waals surface area contributed by atoms with Gasteiger partial charge in [0.1, 0.15) is 0 Å². The zero-order valence-electron chi connectivity index (χ0n) is 9.58. The molecule has 2 rings (SSSR count). The lowest BCUT2D eigenvalue weighted by atomic mass is 10.1. The first-order valence-corrected chi connectivity index (χ1v) is 6.49. The summed E-state index contributed by atoms with van der Waals surface area (Å²) in [7, 11) is 0. The number of rotatable bonds is 3. The molecule has 0 aliphatic carbocycles. The molecule has 6 heteroatoms. The van der Waals surface area contributed by atoms with Gasteiger partial charge < -0.3 is 5.32 Å². The Kier molecular flexibility index (Phi) is 4.04. The van der Waals surface area contributed by atoms with Gasteiger partial charge in [-0.1, -0.05) is 11.6 Å². The Hall–Kier alpha value is -1.33. The molecule has 1 aromatic heterocycles. The maximum Gasteiger partial charge on any atom is 0.252 e. The summed E-state index contributed by atoms with van der Waals surface area (Å²) in [6.07, 6.45) is 3.43. The Bertz CT molecular complexity index is 556. The average molecular weight is 329 g/mol. The highest BCUT2D eigenvalue weighted by Gasteiger charge is 2.14. The zero-order chi connectivity index (χ0) is 13.1. The van der Waals surface area contributed by atoms with Gasteiger partial charge in [0.25, 0.3) is 5.91 Å². The maximum absolute atomic E-state index is 12.1. The van der Waals surface area contributed by atoms with Gasteiger partial charge in [-0.2, -0.15) is 5.10 Å². The van der Waals surface area contributed by atoms with E-state index in [1.165, 1.54) is 0 Å². The number of nitrogens with zero attached hydrogens (tertiary/aromatic N) is 1. The number of amides is 1. The highest BCUT2D eigenvalue weighted by molar-refractivity contribution is 9.10. The summed E-state index contributed by atoms with van der Waals surface area (Å²) in [5.41, 5.74) is 1.48. The van der Waals surface area contributed by atoms with Crippen LogP contribution in [0.1, 0.15) is 28.9 Å². The van der Waals surface area contributed by atoms with Crippen LogP contribution in [0.4, 0.5) is 0 Å². The largest absolute Gasteiger partial charge is 0.345 e. The minimum absolute atomic E-state index is 0.112. The molecule has 94 valence electrons. The van der Waals surface area contributed by atoms with Crippen molar-refractivity contribution < 1.29 is 4.79 Å². The van der Waals surface area contributed by atoms with E-state index in [9.17, 15) is 4.79 Å². The lowest BCUT2D eigenvalue weighted by Gasteiger charge is -2.13. The number of hydrogen-bond acceptors (Lipinski definition) is 2. The van der Waals surface area contributed by atoms with E-state index in [-0.39, 0.29) is 11.9 Å². The summed E-state index contributed by atoms with van der Waals surface area (Å²) in [6.45, 7) is 1.90. The van der Waals surface area contributed by atoms with Gasteiger partial charge in [-0.25, -0.2) is 0 Å². The predicted molar refractivity (Wildman–Crippen MR) is 73.6 cm³/mol. The standard InChI is InChI=1S/C12H11BrClN3O/c1-7(8-5-15-16-6-8)17-12(18)10-3-2-9(14)4-11(10)13/h2-7H,1H3,(H,15,16)(H,17,18). The SMILES string of the molecule is CC(NC(=O)c1ccc(Cl)cc1Br)c1cn[nH]c1. The smallest absolute Gasteiger partial charge is 0.252 e. The van der Waals surface area contributed by atoms with Crippen LogP contribution >= 0.6 is 27.5 Å². The molecule has 1 atom stereocenters. The van der Waals surface area contributed by atoms with Crippen LogP contribution in [0.25, 0.3) is 0 Å².